The van der Waals surface area contributed by atoms with Gasteiger partial charge in [0.2, 0.25) is 5.91 Å². The van der Waals surface area contributed by atoms with Gasteiger partial charge in [-0.25, -0.2) is 0 Å². The van der Waals surface area contributed by atoms with Crippen molar-refractivity contribution in [3.05, 3.63) is 0 Å². The minimum Gasteiger partial charge on any atom is -0.376 e. The van der Waals surface area contributed by atoms with Crippen molar-refractivity contribution in [2.45, 2.75) is 70.4 Å². The van der Waals surface area contributed by atoms with Crippen molar-refractivity contribution in [3.8, 4) is 0 Å². The van der Waals surface area contributed by atoms with Gasteiger partial charge < -0.3 is 15.8 Å². The summed E-state index contributed by atoms with van der Waals surface area (Å²) in [5, 5.41) is 3.25. The third-order valence-electron chi connectivity index (χ3n) is 5.22. The molecule has 2 atom stereocenters. The average molecular weight is 268 g/mol. The Hall–Kier alpha value is -0.610. The number of carbonyl (C=O) groups excluding carboxylic acids is 1. The highest BCUT2D eigenvalue weighted by Crippen LogP contribution is 2.36. The van der Waals surface area contributed by atoms with E-state index in [2.05, 4.69) is 12.2 Å². The molecule has 2 fully saturated rings. The number of rotatable bonds is 3. The molecule has 4 nitrogen and oxygen atoms in total. The van der Waals surface area contributed by atoms with Gasteiger partial charge in [0.1, 0.15) is 0 Å². The van der Waals surface area contributed by atoms with Crippen molar-refractivity contribution in [3.63, 3.8) is 0 Å². The fraction of sp³-hybridized carbons (Fsp3) is 0.933. The van der Waals surface area contributed by atoms with Crippen LogP contribution in [0.5, 0.6) is 0 Å². The van der Waals surface area contributed by atoms with Crippen LogP contribution < -0.4 is 11.1 Å². The summed E-state index contributed by atoms with van der Waals surface area (Å²) in [5.74, 6) is 0.150. The lowest BCUT2D eigenvalue weighted by Crippen LogP contribution is -2.57. The molecule has 1 aliphatic heterocycles. The molecule has 1 amide bonds. The van der Waals surface area contributed by atoms with Gasteiger partial charge in [0, 0.05) is 13.2 Å². The summed E-state index contributed by atoms with van der Waals surface area (Å²) >= 11 is 0. The molecule has 3 N–H and O–H groups in total. The van der Waals surface area contributed by atoms with Gasteiger partial charge in [-0.2, -0.15) is 0 Å². The normalized spacial score (nSPS) is 34.8. The number of carbonyl (C=O) groups is 1. The Balaban J connectivity index is 2.08. The third-order valence-corrected chi connectivity index (χ3v) is 5.22. The Kier molecular flexibility index (Phi) is 4.51. The minimum atomic E-state index is -0.345. The lowest BCUT2D eigenvalue weighted by atomic mass is 9.78. The quantitative estimate of drug-likeness (QED) is 0.769. The number of nitrogens with two attached hydrogens (primary N) is 1. The van der Waals surface area contributed by atoms with Crippen LogP contribution in [-0.2, 0) is 9.53 Å². The Morgan fingerprint density at radius 1 is 1.26 bits per heavy atom. The highest BCUT2D eigenvalue weighted by molar-refractivity contribution is 5.83. The van der Waals surface area contributed by atoms with Crippen LogP contribution in [0.2, 0.25) is 0 Å². The molecule has 19 heavy (non-hydrogen) atoms. The monoisotopic (exact) mass is 268 g/mol. The maximum absolute atomic E-state index is 12.8. The van der Waals surface area contributed by atoms with Crippen LogP contribution in [0.4, 0.5) is 0 Å². The van der Waals surface area contributed by atoms with Crippen molar-refractivity contribution in [1.29, 1.82) is 0 Å². The first-order chi connectivity index (χ1) is 9.02. The lowest BCUT2D eigenvalue weighted by molar-refractivity contribution is -0.134. The van der Waals surface area contributed by atoms with Crippen LogP contribution in [0, 0.1) is 5.41 Å². The second-order valence-electron chi connectivity index (χ2n) is 6.53. The fourth-order valence-electron chi connectivity index (χ4n) is 3.32. The second kappa shape index (κ2) is 5.80. The molecule has 2 unspecified atom stereocenters. The molecule has 1 heterocycles. The summed E-state index contributed by atoms with van der Waals surface area (Å²) in [4.78, 5) is 12.8. The van der Waals surface area contributed by atoms with E-state index in [1.54, 1.807) is 0 Å². The standard InChI is InChI=1S/C15H28N2O2/c1-12-14(2,9-10-19-12)17-13(18)15(11-16)7-5-3-4-6-8-15/h12H,3-11,16H2,1-2H3,(H,17,18). The molecule has 0 bridgehead atoms. The second-order valence-corrected chi connectivity index (χ2v) is 6.53. The SMILES string of the molecule is CC1OCCC1(C)NC(=O)C1(CN)CCCCCC1. The van der Waals surface area contributed by atoms with E-state index in [4.69, 9.17) is 10.5 Å². The van der Waals surface area contributed by atoms with Gasteiger partial charge in [-0.1, -0.05) is 25.7 Å². The number of hydrogen-bond donors (Lipinski definition) is 2. The van der Waals surface area contributed by atoms with E-state index < -0.39 is 0 Å². The van der Waals surface area contributed by atoms with Gasteiger partial charge in [-0.05, 0) is 33.1 Å². The first kappa shape index (κ1) is 14.8. The number of amides is 1. The van der Waals surface area contributed by atoms with Gasteiger partial charge in [0.25, 0.3) is 0 Å². The Morgan fingerprint density at radius 2 is 1.89 bits per heavy atom. The van der Waals surface area contributed by atoms with Crippen LogP contribution in [-0.4, -0.2) is 30.7 Å². The summed E-state index contributed by atoms with van der Waals surface area (Å²) in [5.41, 5.74) is 5.39. The highest BCUT2D eigenvalue weighted by Gasteiger charge is 2.44. The minimum absolute atomic E-state index is 0.0806. The maximum Gasteiger partial charge on any atom is 0.228 e. The number of ether oxygens (including phenoxy) is 1. The maximum atomic E-state index is 12.8. The molecule has 0 aromatic rings. The van der Waals surface area contributed by atoms with Crippen molar-refractivity contribution in [2.75, 3.05) is 13.2 Å². The Bertz CT molecular complexity index is 324. The summed E-state index contributed by atoms with van der Waals surface area (Å²) in [7, 11) is 0. The molecule has 0 spiro atoms. The van der Waals surface area contributed by atoms with E-state index in [-0.39, 0.29) is 23.0 Å². The number of nitrogens with one attached hydrogen (secondary N) is 1. The molecular formula is C15H28N2O2. The largest absolute Gasteiger partial charge is 0.376 e. The smallest absolute Gasteiger partial charge is 0.228 e. The topological polar surface area (TPSA) is 64.3 Å². The molecule has 1 saturated carbocycles. The molecule has 0 aromatic heterocycles. The molecule has 2 aliphatic rings. The average Bonchev–Trinajstić information content (AvgIpc) is 2.61. The van der Waals surface area contributed by atoms with Crippen molar-refractivity contribution < 1.29 is 9.53 Å². The third kappa shape index (κ3) is 2.95. The zero-order valence-electron chi connectivity index (χ0n) is 12.3. The van der Waals surface area contributed by atoms with Gasteiger partial charge in [0.05, 0.1) is 17.1 Å². The van der Waals surface area contributed by atoms with Crippen molar-refractivity contribution in [2.24, 2.45) is 11.1 Å². The van der Waals surface area contributed by atoms with Crippen LogP contribution in [0.1, 0.15) is 58.8 Å². The van der Waals surface area contributed by atoms with E-state index >= 15 is 0 Å². The summed E-state index contributed by atoms with van der Waals surface area (Å²) in [6, 6.07) is 0. The highest BCUT2D eigenvalue weighted by atomic mass is 16.5. The van der Waals surface area contributed by atoms with Crippen LogP contribution in [0.25, 0.3) is 0 Å². The summed E-state index contributed by atoms with van der Waals surface area (Å²) < 4.78 is 5.60. The Morgan fingerprint density at radius 3 is 2.37 bits per heavy atom. The summed E-state index contributed by atoms with van der Waals surface area (Å²) in [6.07, 6.45) is 7.53. The van der Waals surface area contributed by atoms with Gasteiger partial charge in [0.15, 0.2) is 0 Å². The zero-order valence-corrected chi connectivity index (χ0v) is 12.3. The predicted molar refractivity (Wildman–Crippen MR) is 75.8 cm³/mol. The Labute approximate surface area is 116 Å². The first-order valence-corrected chi connectivity index (χ1v) is 7.67. The van der Waals surface area contributed by atoms with E-state index in [0.717, 1.165) is 38.7 Å². The van der Waals surface area contributed by atoms with Crippen LogP contribution in [0.3, 0.4) is 0 Å². The number of hydrogen-bond acceptors (Lipinski definition) is 3. The lowest BCUT2D eigenvalue weighted by Gasteiger charge is -2.36. The molecule has 110 valence electrons. The van der Waals surface area contributed by atoms with E-state index in [1.165, 1.54) is 12.8 Å². The molecule has 0 aromatic carbocycles. The van der Waals surface area contributed by atoms with Crippen molar-refractivity contribution >= 4 is 5.91 Å². The predicted octanol–water partition coefficient (Wildman–Crippen LogP) is 1.97. The van der Waals surface area contributed by atoms with Crippen LogP contribution >= 0.6 is 0 Å². The molecule has 2 rings (SSSR count). The van der Waals surface area contributed by atoms with Gasteiger partial charge >= 0.3 is 0 Å². The summed E-state index contributed by atoms with van der Waals surface area (Å²) in [6.45, 7) is 5.32. The van der Waals surface area contributed by atoms with Crippen LogP contribution in [0.15, 0.2) is 0 Å². The molecule has 0 radical (unpaired) electrons. The van der Waals surface area contributed by atoms with Gasteiger partial charge in [-0.3, -0.25) is 4.79 Å². The molecule has 1 saturated heterocycles. The van der Waals surface area contributed by atoms with E-state index in [9.17, 15) is 4.79 Å². The molecule has 1 aliphatic carbocycles. The van der Waals surface area contributed by atoms with E-state index in [0.29, 0.717) is 6.54 Å². The van der Waals surface area contributed by atoms with Gasteiger partial charge in [-0.15, -0.1) is 0 Å². The molecular weight excluding hydrogens is 240 g/mol. The first-order valence-electron chi connectivity index (χ1n) is 7.67. The molecule has 4 heteroatoms. The zero-order chi connectivity index (χ0) is 13.9. The fourth-order valence-corrected chi connectivity index (χ4v) is 3.32. The van der Waals surface area contributed by atoms with E-state index in [1.807, 2.05) is 6.92 Å². The van der Waals surface area contributed by atoms with Crippen molar-refractivity contribution in [1.82, 2.24) is 5.32 Å².